The van der Waals surface area contributed by atoms with Gasteiger partial charge in [-0.2, -0.15) is 5.10 Å². The van der Waals surface area contributed by atoms with Gasteiger partial charge >= 0.3 is 0 Å². The van der Waals surface area contributed by atoms with Crippen molar-refractivity contribution in [2.24, 2.45) is 10.9 Å². The minimum atomic E-state index is 0.109. The van der Waals surface area contributed by atoms with Crippen molar-refractivity contribution < 1.29 is 5.11 Å². The SMILES string of the molecule is N/N=C/c1ccc2cccnc2c1O. The predicted octanol–water partition coefficient (Wildman–Crippen LogP) is 1.23. The van der Waals surface area contributed by atoms with E-state index in [-0.39, 0.29) is 5.75 Å². The number of fused-ring (bicyclic) bond motifs is 1. The van der Waals surface area contributed by atoms with Gasteiger partial charge in [0.2, 0.25) is 0 Å². The minimum Gasteiger partial charge on any atom is -0.505 e. The van der Waals surface area contributed by atoms with Gasteiger partial charge in [0.15, 0.2) is 5.75 Å². The molecule has 0 saturated heterocycles. The summed E-state index contributed by atoms with van der Waals surface area (Å²) in [6.07, 6.45) is 3.02. The third-order valence-electron chi connectivity index (χ3n) is 1.99. The highest BCUT2D eigenvalue weighted by molar-refractivity contribution is 5.94. The summed E-state index contributed by atoms with van der Waals surface area (Å²) in [5, 5.41) is 14.0. The number of hydrazone groups is 1. The standard InChI is InChI=1S/C10H9N3O/c11-13-6-8-4-3-7-2-1-5-12-9(7)10(8)14/h1-6,14H,11H2/b13-6+. The summed E-state index contributed by atoms with van der Waals surface area (Å²) in [4.78, 5) is 4.07. The smallest absolute Gasteiger partial charge is 0.150 e. The van der Waals surface area contributed by atoms with Crippen LogP contribution in [0, 0.1) is 0 Å². The normalized spacial score (nSPS) is 11.1. The number of pyridine rings is 1. The van der Waals surface area contributed by atoms with E-state index in [0.29, 0.717) is 11.1 Å². The summed E-state index contributed by atoms with van der Waals surface area (Å²) in [6.45, 7) is 0. The molecule has 1 heterocycles. The molecular formula is C10H9N3O. The lowest BCUT2D eigenvalue weighted by molar-refractivity contribution is 0.479. The van der Waals surface area contributed by atoms with E-state index in [0.717, 1.165) is 5.39 Å². The molecule has 70 valence electrons. The van der Waals surface area contributed by atoms with Gasteiger partial charge in [0.1, 0.15) is 5.52 Å². The molecule has 0 atom stereocenters. The van der Waals surface area contributed by atoms with Crippen LogP contribution < -0.4 is 5.84 Å². The summed E-state index contributed by atoms with van der Waals surface area (Å²) in [6, 6.07) is 7.30. The fourth-order valence-electron chi connectivity index (χ4n) is 1.33. The molecule has 3 N–H and O–H groups in total. The fraction of sp³-hybridized carbons (Fsp3) is 0. The number of phenolic OH excluding ortho intramolecular Hbond substituents is 1. The van der Waals surface area contributed by atoms with Crippen molar-refractivity contribution in [3.63, 3.8) is 0 Å². The van der Waals surface area contributed by atoms with E-state index >= 15 is 0 Å². The van der Waals surface area contributed by atoms with Crippen molar-refractivity contribution in [1.29, 1.82) is 0 Å². The average Bonchev–Trinajstić information content (AvgIpc) is 2.23. The van der Waals surface area contributed by atoms with E-state index in [9.17, 15) is 5.11 Å². The van der Waals surface area contributed by atoms with Crippen molar-refractivity contribution in [2.45, 2.75) is 0 Å². The highest BCUT2D eigenvalue weighted by Crippen LogP contribution is 2.25. The first-order valence-corrected chi connectivity index (χ1v) is 4.13. The molecule has 1 aromatic carbocycles. The van der Waals surface area contributed by atoms with E-state index in [1.807, 2.05) is 18.2 Å². The lowest BCUT2D eigenvalue weighted by atomic mass is 10.1. The maximum Gasteiger partial charge on any atom is 0.150 e. The third-order valence-corrected chi connectivity index (χ3v) is 1.99. The Hall–Kier alpha value is -2.10. The molecule has 0 saturated carbocycles. The molecule has 0 amide bonds. The van der Waals surface area contributed by atoms with Crippen molar-refractivity contribution in [3.05, 3.63) is 36.0 Å². The monoisotopic (exact) mass is 187 g/mol. The molecule has 0 radical (unpaired) electrons. The molecular weight excluding hydrogens is 178 g/mol. The van der Waals surface area contributed by atoms with Crippen LogP contribution in [-0.2, 0) is 0 Å². The fourth-order valence-corrected chi connectivity index (χ4v) is 1.33. The van der Waals surface area contributed by atoms with Crippen LogP contribution in [0.25, 0.3) is 10.9 Å². The van der Waals surface area contributed by atoms with Crippen LogP contribution >= 0.6 is 0 Å². The second kappa shape index (κ2) is 3.33. The van der Waals surface area contributed by atoms with Crippen LogP contribution in [0.3, 0.4) is 0 Å². The zero-order chi connectivity index (χ0) is 9.97. The van der Waals surface area contributed by atoms with Gasteiger partial charge in [0.05, 0.1) is 6.21 Å². The van der Waals surface area contributed by atoms with Crippen molar-refractivity contribution in [2.75, 3.05) is 0 Å². The van der Waals surface area contributed by atoms with E-state index in [2.05, 4.69) is 10.1 Å². The van der Waals surface area contributed by atoms with Crippen molar-refractivity contribution in [1.82, 2.24) is 4.98 Å². The van der Waals surface area contributed by atoms with E-state index in [1.54, 1.807) is 12.3 Å². The van der Waals surface area contributed by atoms with Crippen molar-refractivity contribution in [3.8, 4) is 5.75 Å². The number of hydrogen-bond acceptors (Lipinski definition) is 4. The Morgan fingerprint density at radius 2 is 2.21 bits per heavy atom. The van der Waals surface area contributed by atoms with Crippen LogP contribution in [0.15, 0.2) is 35.6 Å². The lowest BCUT2D eigenvalue weighted by Gasteiger charge is -2.02. The lowest BCUT2D eigenvalue weighted by Crippen LogP contribution is -1.89. The number of hydrogen-bond donors (Lipinski definition) is 2. The van der Waals surface area contributed by atoms with E-state index in [4.69, 9.17) is 5.84 Å². The van der Waals surface area contributed by atoms with Gasteiger partial charge in [-0.3, -0.25) is 4.98 Å². The summed E-state index contributed by atoms with van der Waals surface area (Å²) in [5.41, 5.74) is 1.13. The first kappa shape index (κ1) is 8.50. The summed E-state index contributed by atoms with van der Waals surface area (Å²) < 4.78 is 0. The number of phenols is 1. The van der Waals surface area contributed by atoms with Gasteiger partial charge < -0.3 is 10.9 Å². The quantitative estimate of drug-likeness (QED) is 0.400. The Kier molecular flexibility index (Phi) is 2.02. The van der Waals surface area contributed by atoms with Gasteiger partial charge in [-0.05, 0) is 12.1 Å². The molecule has 0 fully saturated rings. The second-order valence-corrected chi connectivity index (χ2v) is 2.86. The Bertz CT molecular complexity index is 494. The summed E-state index contributed by atoms with van der Waals surface area (Å²) in [5.74, 6) is 5.12. The highest BCUT2D eigenvalue weighted by atomic mass is 16.3. The molecule has 0 aliphatic rings. The largest absolute Gasteiger partial charge is 0.505 e. The molecule has 0 aliphatic carbocycles. The van der Waals surface area contributed by atoms with Crippen LogP contribution in [0.4, 0.5) is 0 Å². The Balaban J connectivity index is 2.75. The number of aromatic nitrogens is 1. The zero-order valence-corrected chi connectivity index (χ0v) is 7.38. The van der Waals surface area contributed by atoms with Crippen LogP contribution in [-0.4, -0.2) is 16.3 Å². The first-order valence-electron chi connectivity index (χ1n) is 4.13. The molecule has 4 heteroatoms. The maximum atomic E-state index is 9.77. The highest BCUT2D eigenvalue weighted by Gasteiger charge is 2.04. The first-order chi connectivity index (χ1) is 6.83. The molecule has 2 aromatic rings. The second-order valence-electron chi connectivity index (χ2n) is 2.86. The average molecular weight is 187 g/mol. The topological polar surface area (TPSA) is 71.5 Å². The summed E-state index contributed by atoms with van der Waals surface area (Å²) >= 11 is 0. The number of nitrogens with zero attached hydrogens (tertiary/aromatic N) is 2. The van der Waals surface area contributed by atoms with Gasteiger partial charge in [0, 0.05) is 17.1 Å². The molecule has 0 aliphatic heterocycles. The Labute approximate surface area is 80.7 Å². The van der Waals surface area contributed by atoms with Crippen LogP contribution in [0.5, 0.6) is 5.75 Å². The molecule has 0 unspecified atom stereocenters. The number of nitrogens with two attached hydrogens (primary N) is 1. The number of benzene rings is 1. The molecule has 0 spiro atoms. The zero-order valence-electron chi connectivity index (χ0n) is 7.38. The molecule has 14 heavy (non-hydrogen) atoms. The summed E-state index contributed by atoms with van der Waals surface area (Å²) in [7, 11) is 0. The van der Waals surface area contributed by atoms with Crippen LogP contribution in [0.2, 0.25) is 0 Å². The van der Waals surface area contributed by atoms with Gasteiger partial charge in [-0.25, -0.2) is 0 Å². The van der Waals surface area contributed by atoms with Crippen molar-refractivity contribution >= 4 is 17.1 Å². The number of rotatable bonds is 1. The molecule has 4 nitrogen and oxygen atoms in total. The van der Waals surface area contributed by atoms with Gasteiger partial charge in [-0.1, -0.05) is 12.1 Å². The third kappa shape index (κ3) is 1.26. The van der Waals surface area contributed by atoms with Gasteiger partial charge in [0.25, 0.3) is 0 Å². The molecule has 1 aromatic heterocycles. The van der Waals surface area contributed by atoms with E-state index < -0.39 is 0 Å². The minimum absolute atomic E-state index is 0.109. The number of aromatic hydroxyl groups is 1. The Morgan fingerprint density at radius 1 is 1.36 bits per heavy atom. The molecule has 0 bridgehead atoms. The van der Waals surface area contributed by atoms with Gasteiger partial charge in [-0.15, -0.1) is 0 Å². The predicted molar refractivity (Wildman–Crippen MR) is 55.2 cm³/mol. The van der Waals surface area contributed by atoms with E-state index in [1.165, 1.54) is 6.21 Å². The van der Waals surface area contributed by atoms with Crippen LogP contribution in [0.1, 0.15) is 5.56 Å². The Morgan fingerprint density at radius 3 is 3.00 bits per heavy atom. The maximum absolute atomic E-state index is 9.77. The molecule has 2 rings (SSSR count).